The number of rotatable bonds is 2. The van der Waals surface area contributed by atoms with E-state index in [1.54, 1.807) is 0 Å². The van der Waals surface area contributed by atoms with Crippen molar-refractivity contribution in [1.82, 2.24) is 4.90 Å². The molecule has 3 saturated heterocycles. The Kier molecular flexibility index (Phi) is 2.07. The lowest BCUT2D eigenvalue weighted by atomic mass is 9.81. The van der Waals surface area contributed by atoms with Crippen molar-refractivity contribution in [2.45, 2.75) is 38.0 Å². The zero-order valence-electron chi connectivity index (χ0n) is 9.46. The number of nitrogens with two attached hydrogens (primary N) is 1. The number of primary amides is 1. The minimum Gasteiger partial charge on any atom is -0.373 e. The molecule has 3 amide bonds. The molecule has 0 aromatic rings. The smallest absolute Gasteiger partial charge is 0.240 e. The van der Waals surface area contributed by atoms with Gasteiger partial charge in [-0.2, -0.15) is 0 Å². The summed E-state index contributed by atoms with van der Waals surface area (Å²) in [6, 6.07) is -0.861. The quantitative estimate of drug-likeness (QED) is 0.626. The molecule has 92 valence electrons. The van der Waals surface area contributed by atoms with Crippen LogP contribution < -0.4 is 5.73 Å². The molecule has 6 heteroatoms. The van der Waals surface area contributed by atoms with Crippen molar-refractivity contribution >= 4 is 17.7 Å². The molecule has 5 atom stereocenters. The largest absolute Gasteiger partial charge is 0.373 e. The first-order chi connectivity index (χ1) is 8.02. The van der Waals surface area contributed by atoms with Crippen LogP contribution in [0.15, 0.2) is 0 Å². The van der Waals surface area contributed by atoms with Gasteiger partial charge >= 0.3 is 0 Å². The standard InChI is InChI=1S/C11H14N2O4/c1-4(9(12)14)13-10(15)7-5-2-3-6(17-5)8(7)11(13)16/h4-8H,2-3H2,1H3,(H2,12,14)/t4-,5-,6-,7-,8+/m0/s1. The van der Waals surface area contributed by atoms with E-state index in [4.69, 9.17) is 10.5 Å². The molecule has 2 N–H and O–H groups in total. The molecule has 0 aromatic heterocycles. The lowest BCUT2D eigenvalue weighted by Crippen LogP contribution is -2.47. The topological polar surface area (TPSA) is 89.7 Å². The van der Waals surface area contributed by atoms with Gasteiger partial charge in [-0.25, -0.2) is 0 Å². The molecule has 3 aliphatic rings. The van der Waals surface area contributed by atoms with Crippen molar-refractivity contribution in [3.63, 3.8) is 0 Å². The molecule has 0 aromatic carbocycles. The summed E-state index contributed by atoms with van der Waals surface area (Å²) < 4.78 is 5.58. The van der Waals surface area contributed by atoms with Gasteiger partial charge in [-0.3, -0.25) is 19.3 Å². The summed E-state index contributed by atoms with van der Waals surface area (Å²) in [5.74, 6) is -2.01. The third kappa shape index (κ3) is 1.21. The van der Waals surface area contributed by atoms with Gasteiger partial charge in [-0.15, -0.1) is 0 Å². The van der Waals surface area contributed by atoms with E-state index in [2.05, 4.69) is 0 Å². The summed E-state index contributed by atoms with van der Waals surface area (Å²) in [7, 11) is 0. The van der Waals surface area contributed by atoms with Crippen LogP contribution in [0, 0.1) is 11.8 Å². The van der Waals surface area contributed by atoms with Gasteiger partial charge in [0.2, 0.25) is 17.7 Å². The SMILES string of the molecule is C[C@@H](C(N)=O)N1C(=O)[C@@H]2[C@H](C1=O)[C@@H]1CC[C@@H]2O1. The third-order valence-electron chi connectivity index (χ3n) is 4.12. The van der Waals surface area contributed by atoms with Gasteiger partial charge in [0.05, 0.1) is 24.0 Å². The normalized spacial score (nSPS) is 40.9. The number of amides is 3. The van der Waals surface area contributed by atoms with Crippen LogP contribution >= 0.6 is 0 Å². The van der Waals surface area contributed by atoms with Gasteiger partial charge in [0, 0.05) is 0 Å². The predicted octanol–water partition coefficient (Wildman–Crippen LogP) is -0.977. The molecule has 3 heterocycles. The Bertz CT molecular complexity index is 394. The molecule has 0 aliphatic carbocycles. The van der Waals surface area contributed by atoms with Crippen LogP contribution in [0.25, 0.3) is 0 Å². The van der Waals surface area contributed by atoms with E-state index in [0.717, 1.165) is 17.7 Å². The Labute approximate surface area is 98.1 Å². The summed E-state index contributed by atoms with van der Waals surface area (Å²) in [6.07, 6.45) is 1.35. The molecule has 17 heavy (non-hydrogen) atoms. The maximum absolute atomic E-state index is 12.2. The highest BCUT2D eigenvalue weighted by Crippen LogP contribution is 2.48. The van der Waals surface area contributed by atoms with E-state index in [0.29, 0.717) is 0 Å². The van der Waals surface area contributed by atoms with Gasteiger partial charge in [0.15, 0.2) is 0 Å². The first-order valence-corrected chi connectivity index (χ1v) is 5.84. The van der Waals surface area contributed by atoms with E-state index in [-0.39, 0.29) is 35.9 Å². The van der Waals surface area contributed by atoms with Crippen molar-refractivity contribution in [2.75, 3.05) is 0 Å². The summed E-state index contributed by atoms with van der Waals surface area (Å²) in [5, 5.41) is 0. The zero-order chi connectivity index (χ0) is 12.3. The first kappa shape index (κ1) is 10.7. The van der Waals surface area contributed by atoms with Crippen LogP contribution in [0.1, 0.15) is 19.8 Å². The fourth-order valence-electron chi connectivity index (χ4n) is 3.24. The van der Waals surface area contributed by atoms with Crippen molar-refractivity contribution in [3.8, 4) is 0 Å². The number of carbonyl (C=O) groups is 3. The Morgan fingerprint density at radius 2 is 1.76 bits per heavy atom. The van der Waals surface area contributed by atoms with Crippen LogP contribution in [0.2, 0.25) is 0 Å². The predicted molar refractivity (Wildman–Crippen MR) is 55.4 cm³/mol. The van der Waals surface area contributed by atoms with E-state index in [9.17, 15) is 14.4 Å². The minimum absolute atomic E-state index is 0.147. The Hall–Kier alpha value is -1.43. The summed E-state index contributed by atoms with van der Waals surface area (Å²) in [4.78, 5) is 36.5. The molecule has 3 fully saturated rings. The average Bonchev–Trinajstić information content (AvgIpc) is 2.92. The van der Waals surface area contributed by atoms with Gasteiger partial charge in [-0.1, -0.05) is 0 Å². The number of fused-ring (bicyclic) bond motifs is 5. The van der Waals surface area contributed by atoms with Crippen LogP contribution in [0.4, 0.5) is 0 Å². The fourth-order valence-corrected chi connectivity index (χ4v) is 3.24. The highest BCUT2D eigenvalue weighted by atomic mass is 16.5. The van der Waals surface area contributed by atoms with Gasteiger partial charge in [0.25, 0.3) is 0 Å². The molecule has 0 spiro atoms. The molecule has 0 saturated carbocycles. The molecule has 6 nitrogen and oxygen atoms in total. The fraction of sp³-hybridized carbons (Fsp3) is 0.727. The molecular formula is C11H14N2O4. The molecule has 0 radical (unpaired) electrons. The molecule has 0 unspecified atom stereocenters. The average molecular weight is 238 g/mol. The van der Waals surface area contributed by atoms with Crippen molar-refractivity contribution in [3.05, 3.63) is 0 Å². The minimum atomic E-state index is -0.861. The number of ether oxygens (including phenoxy) is 1. The van der Waals surface area contributed by atoms with E-state index >= 15 is 0 Å². The molecule has 2 bridgehead atoms. The Morgan fingerprint density at radius 1 is 1.29 bits per heavy atom. The van der Waals surface area contributed by atoms with Crippen LogP contribution in [-0.2, 0) is 19.1 Å². The van der Waals surface area contributed by atoms with E-state index < -0.39 is 11.9 Å². The second-order valence-electron chi connectivity index (χ2n) is 4.97. The lowest BCUT2D eigenvalue weighted by Gasteiger charge is -2.21. The maximum Gasteiger partial charge on any atom is 0.240 e. The third-order valence-corrected chi connectivity index (χ3v) is 4.12. The number of likely N-dealkylation sites (tertiary alicyclic amines) is 1. The van der Waals surface area contributed by atoms with Gasteiger partial charge in [0.1, 0.15) is 6.04 Å². The second-order valence-corrected chi connectivity index (χ2v) is 4.97. The van der Waals surface area contributed by atoms with Crippen molar-refractivity contribution in [2.24, 2.45) is 17.6 Å². The summed E-state index contributed by atoms with van der Waals surface area (Å²) >= 11 is 0. The summed E-state index contributed by atoms with van der Waals surface area (Å²) in [6.45, 7) is 1.49. The van der Waals surface area contributed by atoms with E-state index in [1.165, 1.54) is 6.92 Å². The number of imide groups is 1. The Balaban J connectivity index is 1.93. The van der Waals surface area contributed by atoms with Gasteiger partial charge in [-0.05, 0) is 19.8 Å². The Morgan fingerprint density at radius 3 is 2.18 bits per heavy atom. The number of hydrogen-bond acceptors (Lipinski definition) is 4. The zero-order valence-corrected chi connectivity index (χ0v) is 9.46. The van der Waals surface area contributed by atoms with Crippen LogP contribution in [0.3, 0.4) is 0 Å². The highest BCUT2D eigenvalue weighted by Gasteiger charge is 2.63. The van der Waals surface area contributed by atoms with Crippen LogP contribution in [0.5, 0.6) is 0 Å². The molecule has 3 rings (SSSR count). The first-order valence-electron chi connectivity index (χ1n) is 5.84. The number of nitrogens with zero attached hydrogens (tertiary/aromatic N) is 1. The van der Waals surface area contributed by atoms with Gasteiger partial charge < -0.3 is 10.5 Å². The molecule has 3 aliphatic heterocycles. The maximum atomic E-state index is 12.2. The highest BCUT2D eigenvalue weighted by molar-refractivity contribution is 6.09. The second kappa shape index (κ2) is 3.29. The van der Waals surface area contributed by atoms with E-state index in [1.807, 2.05) is 0 Å². The van der Waals surface area contributed by atoms with Crippen molar-refractivity contribution in [1.29, 1.82) is 0 Å². The number of carbonyl (C=O) groups excluding carboxylic acids is 3. The number of hydrogen-bond donors (Lipinski definition) is 1. The van der Waals surface area contributed by atoms with Crippen LogP contribution in [-0.4, -0.2) is 40.9 Å². The lowest BCUT2D eigenvalue weighted by molar-refractivity contribution is -0.148. The van der Waals surface area contributed by atoms with Crippen molar-refractivity contribution < 1.29 is 19.1 Å². The summed E-state index contributed by atoms with van der Waals surface area (Å²) in [5.41, 5.74) is 5.16. The molecular weight excluding hydrogens is 224 g/mol. The monoisotopic (exact) mass is 238 g/mol.